The standard InChI is InChI=1S/C60H71NO12/c1-59(69,52(65)32-71-2)33-61-44-21-36(31-62)20-41(25-44)38-15-16-39-30-54(66)73-57-46(39)28-42(56(67)55(57)37-11-4-3-5-12-37)29-53-60(70)49-14-7-6-13-40(49)27-47-48(51(64)18-17-50(47)60)23-35-10-8-9-34(19-35)22-45(63)26-43(24-38)58(68)72-53/h6,8-10,13,19-21,25-26,28,37-40,45,47-50,52-53,61-63,65,67,69-70H,3-5,7,11-12,14,17-18,22-24,27,29-33H2,1-2H3/b43-26-/t38-,39-,40+,45-,47+,48+,49+,50-,52+,53-,59+,60+/m1/s1. The number of rotatable bonds is 9. The first-order valence-electron chi connectivity index (χ1n) is 26.7. The smallest absolute Gasteiger partial charge is 0.334 e. The van der Waals surface area contributed by atoms with Crippen molar-refractivity contribution in [2.75, 3.05) is 25.6 Å². The molecular weight excluding hydrogens is 927 g/mol. The largest absolute Gasteiger partial charge is 0.507 e. The predicted molar refractivity (Wildman–Crippen MR) is 273 cm³/mol. The van der Waals surface area contributed by atoms with E-state index in [1.165, 1.54) is 20.1 Å². The van der Waals surface area contributed by atoms with Crippen molar-refractivity contribution in [2.24, 2.45) is 29.6 Å². The summed E-state index contributed by atoms with van der Waals surface area (Å²) in [5.74, 6) is 2.91. The minimum Gasteiger partial charge on any atom is -0.507 e. The Bertz CT molecular complexity index is 2730. The van der Waals surface area contributed by atoms with E-state index in [1.54, 1.807) is 18.2 Å². The molecule has 10 rings (SSSR count). The minimum atomic E-state index is -1.66. The van der Waals surface area contributed by atoms with Crippen molar-refractivity contribution in [1.82, 2.24) is 0 Å². The van der Waals surface area contributed by atoms with E-state index in [9.17, 15) is 40.2 Å². The average molecular weight is 998 g/mol. The molecule has 4 aliphatic carbocycles. The Balaban J connectivity index is 1.18. The molecule has 0 spiro atoms. The topological polar surface area (TPSA) is 212 Å². The second-order valence-corrected chi connectivity index (χ2v) is 22.5. The molecular formula is C60H71NO12. The van der Waals surface area contributed by atoms with Gasteiger partial charge >= 0.3 is 11.9 Å². The Hall–Kier alpha value is -5.33. The van der Waals surface area contributed by atoms with Crippen molar-refractivity contribution < 1.29 is 59.2 Å². The van der Waals surface area contributed by atoms with Crippen LogP contribution in [0, 0.1) is 41.4 Å². The number of ether oxygens (including phenoxy) is 3. The number of fused-ring (bicyclic) bond motifs is 9. The highest BCUT2D eigenvalue weighted by Gasteiger charge is 2.62. The van der Waals surface area contributed by atoms with Crippen LogP contribution in [-0.2, 0) is 49.7 Å². The highest BCUT2D eigenvalue weighted by atomic mass is 16.6. The van der Waals surface area contributed by atoms with Gasteiger partial charge in [0.05, 0.1) is 31.7 Å². The van der Waals surface area contributed by atoms with Gasteiger partial charge in [-0.2, -0.15) is 0 Å². The molecule has 0 saturated heterocycles. The number of anilines is 1. The van der Waals surface area contributed by atoms with E-state index in [1.807, 2.05) is 30.3 Å². The maximum atomic E-state index is 15.6. The number of nitrogens with one attached hydrogen (secondary N) is 1. The number of aromatic hydroxyl groups is 1. The highest BCUT2D eigenvalue weighted by molar-refractivity contribution is 5.89. The number of methoxy groups -OCH3 is 1. The molecule has 7 N–H and O–H groups in total. The number of phenolic OH excluding ortho intramolecular Hbond substituents is 1. The number of hydrogen-bond donors (Lipinski definition) is 7. The number of carbonyl (C=O) groups excluding carboxylic acids is 3. The van der Waals surface area contributed by atoms with Crippen LogP contribution >= 0.6 is 0 Å². The molecule has 0 amide bonds. The predicted octanol–water partition coefficient (Wildman–Crippen LogP) is 7.16. The third-order valence-corrected chi connectivity index (χ3v) is 17.7. The summed E-state index contributed by atoms with van der Waals surface area (Å²) in [6, 6.07) is 15.0. The minimum absolute atomic E-state index is 0.0421. The number of esters is 2. The van der Waals surface area contributed by atoms with Gasteiger partial charge in [0.25, 0.3) is 0 Å². The zero-order valence-corrected chi connectivity index (χ0v) is 42.1. The van der Waals surface area contributed by atoms with Crippen LogP contribution in [0.15, 0.2) is 72.3 Å². The maximum absolute atomic E-state index is 15.6. The van der Waals surface area contributed by atoms with Gasteiger partial charge in [-0.3, -0.25) is 9.59 Å². The van der Waals surface area contributed by atoms with Gasteiger partial charge in [0.15, 0.2) is 0 Å². The number of carbonyl (C=O) groups is 3. The van der Waals surface area contributed by atoms with Crippen molar-refractivity contribution in [2.45, 2.75) is 157 Å². The Morgan fingerprint density at radius 2 is 1.71 bits per heavy atom. The summed E-state index contributed by atoms with van der Waals surface area (Å²) >= 11 is 0. The molecule has 12 atom stereocenters. The van der Waals surface area contributed by atoms with E-state index < -0.39 is 65.1 Å². The zero-order chi connectivity index (χ0) is 51.2. The molecule has 3 heterocycles. The molecule has 73 heavy (non-hydrogen) atoms. The van der Waals surface area contributed by atoms with Crippen LogP contribution in [0.25, 0.3) is 0 Å². The Kier molecular flexibility index (Phi) is 14.8. The fourth-order valence-corrected chi connectivity index (χ4v) is 13.9. The summed E-state index contributed by atoms with van der Waals surface area (Å²) in [6.07, 6.45) is 9.76. The number of hydrogen-bond acceptors (Lipinski definition) is 13. The highest BCUT2D eigenvalue weighted by Crippen LogP contribution is 2.58. The van der Waals surface area contributed by atoms with Crippen LogP contribution in [0.1, 0.15) is 141 Å². The van der Waals surface area contributed by atoms with E-state index in [0.717, 1.165) is 43.2 Å². The number of phenols is 1. The van der Waals surface area contributed by atoms with Crippen molar-refractivity contribution in [3.05, 3.63) is 111 Å². The molecule has 3 aromatic carbocycles. The van der Waals surface area contributed by atoms with Gasteiger partial charge < -0.3 is 50.2 Å². The second-order valence-electron chi connectivity index (χ2n) is 22.5. The lowest BCUT2D eigenvalue weighted by Crippen LogP contribution is -2.65. The molecule has 0 aromatic heterocycles. The molecule has 3 fully saturated rings. The quantitative estimate of drug-likeness (QED) is 0.0492. The fourth-order valence-electron chi connectivity index (χ4n) is 13.9. The van der Waals surface area contributed by atoms with Crippen LogP contribution < -0.4 is 10.1 Å². The maximum Gasteiger partial charge on any atom is 0.334 e. The summed E-state index contributed by atoms with van der Waals surface area (Å²) in [4.78, 5) is 43.7. The summed E-state index contributed by atoms with van der Waals surface area (Å²) in [5, 5.41) is 74.8. The van der Waals surface area contributed by atoms with E-state index >= 15 is 4.79 Å². The van der Waals surface area contributed by atoms with Crippen molar-refractivity contribution in [1.29, 1.82) is 0 Å². The zero-order valence-electron chi connectivity index (χ0n) is 42.1. The second kappa shape index (κ2) is 21.1. The first-order valence-corrected chi connectivity index (χ1v) is 26.7. The number of ketones is 1. The van der Waals surface area contributed by atoms with Crippen molar-refractivity contribution in [3.8, 4) is 23.3 Å². The summed E-state index contributed by atoms with van der Waals surface area (Å²) in [7, 11) is 1.43. The molecule has 3 aromatic rings. The van der Waals surface area contributed by atoms with Gasteiger partial charge in [-0.15, -0.1) is 0 Å². The van der Waals surface area contributed by atoms with Crippen molar-refractivity contribution in [3.63, 3.8) is 0 Å². The molecule has 0 radical (unpaired) electrons. The molecule has 10 bridgehead atoms. The van der Waals surface area contributed by atoms with E-state index in [4.69, 9.17) is 14.2 Å². The molecule has 3 saturated carbocycles. The lowest BCUT2D eigenvalue weighted by atomic mass is 9.49. The van der Waals surface area contributed by atoms with Gasteiger partial charge in [-0.05, 0) is 140 Å². The summed E-state index contributed by atoms with van der Waals surface area (Å²) in [6.45, 7) is 0.932. The van der Waals surface area contributed by atoms with Gasteiger partial charge in [0, 0.05) is 67.1 Å². The van der Waals surface area contributed by atoms with Crippen molar-refractivity contribution >= 4 is 23.4 Å². The Labute approximate surface area is 428 Å². The van der Waals surface area contributed by atoms with E-state index in [2.05, 4.69) is 29.3 Å². The lowest BCUT2D eigenvalue weighted by molar-refractivity contribution is -0.221. The molecule has 7 aliphatic rings. The Morgan fingerprint density at radius 3 is 2.49 bits per heavy atom. The van der Waals surface area contributed by atoms with Crippen LogP contribution in [0.4, 0.5) is 5.69 Å². The number of allylic oxidation sites excluding steroid dienone is 2. The van der Waals surface area contributed by atoms with Gasteiger partial charge in [0.1, 0.15) is 40.7 Å². The lowest BCUT2D eigenvalue weighted by Gasteiger charge is -2.58. The van der Waals surface area contributed by atoms with Crippen LogP contribution in [0.5, 0.6) is 11.5 Å². The molecule has 13 heteroatoms. The number of benzene rings is 3. The summed E-state index contributed by atoms with van der Waals surface area (Å²) in [5.41, 5.74) is 1.81. The number of aliphatic hydroxyl groups excluding tert-OH is 3. The number of aliphatic hydroxyl groups is 5. The first-order chi connectivity index (χ1) is 35.1. The average Bonchev–Trinajstić information content (AvgIpc) is 3.38. The van der Waals surface area contributed by atoms with Gasteiger partial charge in [-0.25, -0.2) is 4.79 Å². The molecule has 388 valence electrons. The van der Waals surface area contributed by atoms with Gasteiger partial charge in [-0.1, -0.05) is 73.6 Å². The number of Topliss-reactive ketones (excluding diaryl/α,β-unsaturated/α-hetero) is 1. The molecule has 3 aliphatic heterocycles. The van der Waals surface area contributed by atoms with Gasteiger partial charge in [0.2, 0.25) is 0 Å². The Morgan fingerprint density at radius 1 is 0.932 bits per heavy atom. The monoisotopic (exact) mass is 997 g/mol. The SMILES string of the molecule is COC[C@H](O)[C@@](C)(O)CNc1cc(CO)cc([C@@H]2C#C[C@@H]3CC(=O)Oc4c3cc(c(O)c4C3CCCCC3)C[C@H]3OC(=O)/C(=C\[C@H](O)Cc4cccc(c4)C[C@@H]4C(=O)CC[C@@H]5[C@H]4C[C@@H]4C=CCC[C@@H]4[C@]53O)C2)c1. The third-order valence-electron chi connectivity index (χ3n) is 17.7. The van der Waals surface area contributed by atoms with E-state index in [-0.39, 0.29) is 92.6 Å². The van der Waals surface area contributed by atoms with Crippen LogP contribution in [-0.4, -0.2) is 98.1 Å². The third kappa shape index (κ3) is 10.3. The van der Waals surface area contributed by atoms with Crippen LogP contribution in [0.3, 0.4) is 0 Å². The van der Waals surface area contributed by atoms with E-state index in [0.29, 0.717) is 71.4 Å². The van der Waals surface area contributed by atoms with Crippen LogP contribution in [0.2, 0.25) is 0 Å². The normalized spacial score (nSPS) is 32.2. The molecule has 13 nitrogen and oxygen atoms in total. The molecule has 0 unspecified atom stereocenters. The fraction of sp³-hybridized carbons (Fsp3) is 0.550. The summed E-state index contributed by atoms with van der Waals surface area (Å²) < 4.78 is 18.2. The first kappa shape index (κ1) is 51.2.